The third-order valence-electron chi connectivity index (χ3n) is 2.09. The molecule has 15 heavy (non-hydrogen) atoms. The zero-order chi connectivity index (χ0) is 12.1. The van der Waals surface area contributed by atoms with Crippen molar-refractivity contribution in [3.63, 3.8) is 0 Å². The van der Waals surface area contributed by atoms with E-state index in [4.69, 9.17) is 31.3 Å². The van der Waals surface area contributed by atoms with E-state index >= 15 is 0 Å². The Balaban J connectivity index is 0.000000288. The van der Waals surface area contributed by atoms with Gasteiger partial charge in [0.2, 0.25) is 0 Å². The van der Waals surface area contributed by atoms with Crippen LogP contribution in [0.25, 0.3) is 0 Å². The van der Waals surface area contributed by atoms with E-state index in [1.54, 1.807) is 0 Å². The molecule has 7 heteroatoms. The van der Waals surface area contributed by atoms with Crippen LogP contribution < -0.4 is 11.5 Å². The molecule has 0 amide bonds. The van der Waals surface area contributed by atoms with Crippen LogP contribution in [-0.4, -0.2) is 32.1 Å². The zero-order valence-electron chi connectivity index (χ0n) is 8.09. The second-order valence-electron chi connectivity index (χ2n) is 3.33. The number of carboxylic acids is 2. The van der Waals surface area contributed by atoms with Crippen LogP contribution in [0.2, 0.25) is 0 Å². The van der Waals surface area contributed by atoms with Gasteiger partial charge in [-0.25, -0.2) is 9.59 Å². The Labute approximate surface area is 98.9 Å². The zero-order valence-corrected chi connectivity index (χ0v) is 10.4. The first-order chi connectivity index (χ1) is 6.77. The van der Waals surface area contributed by atoms with E-state index in [0.717, 1.165) is 12.8 Å². The van der Waals surface area contributed by atoms with Crippen LogP contribution in [0.3, 0.4) is 0 Å². The van der Waals surface area contributed by atoms with Gasteiger partial charge < -0.3 is 10.2 Å². The van der Waals surface area contributed by atoms with Gasteiger partial charge in [-0.05, 0) is 0 Å². The Morgan fingerprint density at radius 3 is 1.93 bits per heavy atom. The average Bonchev–Trinajstić information content (AvgIpc) is 2.11. The summed E-state index contributed by atoms with van der Waals surface area (Å²) in [7, 11) is 0. The molecule has 0 aromatic rings. The van der Waals surface area contributed by atoms with E-state index in [-0.39, 0.29) is 9.97 Å². The quantitative estimate of drug-likeness (QED) is 0.398. The molecule has 0 aromatic carbocycles. The number of hydrogen-bond acceptors (Lipinski definition) is 4. The second-order valence-corrected chi connectivity index (χ2v) is 5.45. The van der Waals surface area contributed by atoms with Crippen LogP contribution in [0.4, 0.5) is 0 Å². The van der Waals surface area contributed by atoms with Gasteiger partial charge in [0.05, 0.1) is 0 Å². The number of nitrogens with two attached hydrogens (primary N) is 2. The van der Waals surface area contributed by atoms with Gasteiger partial charge >= 0.3 is 78.9 Å². The van der Waals surface area contributed by atoms with E-state index in [1.807, 2.05) is 0 Å². The molecule has 1 aliphatic carbocycles. The molecule has 91 valence electrons. The molecule has 1 fully saturated rings. The standard InChI is InChI=1S/C6H13N2.C2H2O4.Pt/c7-5-3-1-2-4-6(5)8;3-1(4)2(5)6;/h5H,1-4,7-8H2;(H,3,4)(H,5,6);/t5-;;/m1../s1. The largest absolute Gasteiger partial charge is 0.473 e. The minimum atomic E-state index is -1.82. The Bertz CT molecular complexity index is 233. The molecule has 0 unspecified atom stereocenters. The Kier molecular flexibility index (Phi) is 6.01. The first kappa shape index (κ1) is 14.5. The summed E-state index contributed by atoms with van der Waals surface area (Å²) >= 11 is 2.25. The fraction of sp³-hybridized carbons (Fsp3) is 0.750. The van der Waals surface area contributed by atoms with Crippen molar-refractivity contribution in [2.75, 3.05) is 0 Å². The molecule has 0 aromatic heterocycles. The molecule has 0 saturated heterocycles. The maximum Gasteiger partial charge on any atom is 0.414 e. The predicted octanol–water partition coefficient (Wildman–Crippen LogP) is -0.755. The van der Waals surface area contributed by atoms with Gasteiger partial charge in [-0.2, -0.15) is 0 Å². The summed E-state index contributed by atoms with van der Waals surface area (Å²) in [5, 5.41) is 14.8. The fourth-order valence-corrected chi connectivity index (χ4v) is 1.90. The summed E-state index contributed by atoms with van der Waals surface area (Å²) in [5.74, 6) is -3.65. The number of hydrogen-bond donors (Lipinski definition) is 4. The van der Waals surface area contributed by atoms with Gasteiger partial charge in [0.25, 0.3) is 0 Å². The molecule has 1 rings (SSSR count). The summed E-state index contributed by atoms with van der Waals surface area (Å²) < 4.78 is -0.113. The molecule has 0 radical (unpaired) electrons. The van der Waals surface area contributed by atoms with Gasteiger partial charge in [0.15, 0.2) is 0 Å². The van der Waals surface area contributed by atoms with Crippen molar-refractivity contribution < 1.29 is 39.6 Å². The fourth-order valence-electron chi connectivity index (χ4n) is 1.17. The van der Waals surface area contributed by atoms with Crippen LogP contribution >= 0.6 is 0 Å². The van der Waals surface area contributed by atoms with Gasteiger partial charge in [-0.15, -0.1) is 0 Å². The van der Waals surface area contributed by atoms with Crippen molar-refractivity contribution in [1.29, 1.82) is 0 Å². The maximum atomic E-state index is 9.10. The Morgan fingerprint density at radius 2 is 1.73 bits per heavy atom. The maximum absolute atomic E-state index is 9.10. The Hall–Kier alpha value is -0.452. The molecular weight excluding hydrogens is 383 g/mol. The SMILES string of the molecule is N[C@@H]1CCCC[C@]1(N)[Pt].O=C(O)C(=O)O. The predicted molar refractivity (Wildman–Crippen MR) is 48.6 cm³/mol. The minimum Gasteiger partial charge on any atom is -0.473 e. The van der Waals surface area contributed by atoms with Crippen LogP contribution in [0.15, 0.2) is 0 Å². The van der Waals surface area contributed by atoms with E-state index in [1.165, 1.54) is 12.8 Å². The smallest absolute Gasteiger partial charge is 0.414 e. The molecule has 0 aliphatic heterocycles. The first-order valence-corrected chi connectivity index (χ1v) is 5.57. The number of aliphatic carboxylic acids is 2. The van der Waals surface area contributed by atoms with Crippen molar-refractivity contribution in [3.05, 3.63) is 0 Å². The third-order valence-corrected chi connectivity index (χ3v) is 3.50. The van der Waals surface area contributed by atoms with Gasteiger partial charge in [0.1, 0.15) is 0 Å². The molecule has 1 aliphatic rings. The summed E-state index contributed by atoms with van der Waals surface area (Å²) in [4.78, 5) is 18.2. The van der Waals surface area contributed by atoms with Gasteiger partial charge in [-0.3, -0.25) is 0 Å². The summed E-state index contributed by atoms with van der Waals surface area (Å²) in [6, 6.07) is 0.216. The van der Waals surface area contributed by atoms with Crippen molar-refractivity contribution in [3.8, 4) is 0 Å². The van der Waals surface area contributed by atoms with Crippen LogP contribution in [0, 0.1) is 0 Å². The summed E-state index contributed by atoms with van der Waals surface area (Å²) in [6.07, 6.45) is 4.67. The van der Waals surface area contributed by atoms with Crippen molar-refractivity contribution in [2.45, 2.75) is 35.7 Å². The van der Waals surface area contributed by atoms with Crippen LogP contribution in [0.5, 0.6) is 0 Å². The minimum absolute atomic E-state index is 0.113. The number of rotatable bonds is 0. The normalized spacial score (nSPS) is 30.0. The molecular formula is C8H15N2O4Pt. The van der Waals surface area contributed by atoms with Crippen LogP contribution in [-0.2, 0) is 29.4 Å². The molecule has 0 spiro atoms. The van der Waals surface area contributed by atoms with E-state index < -0.39 is 11.9 Å². The number of carbonyl (C=O) groups is 2. The number of carboxylic acid groups (broad SMARTS) is 2. The van der Waals surface area contributed by atoms with Crippen molar-refractivity contribution in [2.24, 2.45) is 11.5 Å². The first-order valence-electron chi connectivity index (χ1n) is 4.44. The van der Waals surface area contributed by atoms with Gasteiger partial charge in [-0.1, -0.05) is 0 Å². The Morgan fingerprint density at radius 1 is 1.27 bits per heavy atom. The van der Waals surface area contributed by atoms with Crippen molar-refractivity contribution in [1.82, 2.24) is 0 Å². The van der Waals surface area contributed by atoms with E-state index in [0.29, 0.717) is 0 Å². The van der Waals surface area contributed by atoms with Crippen molar-refractivity contribution >= 4 is 11.9 Å². The average molecular weight is 398 g/mol. The molecule has 6 N–H and O–H groups in total. The molecule has 0 bridgehead atoms. The topological polar surface area (TPSA) is 127 Å². The second kappa shape index (κ2) is 6.20. The van der Waals surface area contributed by atoms with Crippen LogP contribution in [0.1, 0.15) is 25.7 Å². The molecule has 2 atom stereocenters. The molecule has 0 heterocycles. The molecule has 1 saturated carbocycles. The monoisotopic (exact) mass is 398 g/mol. The van der Waals surface area contributed by atoms with E-state index in [9.17, 15) is 0 Å². The third kappa shape index (κ3) is 5.87. The van der Waals surface area contributed by atoms with E-state index in [2.05, 4.69) is 19.8 Å². The molecule has 6 nitrogen and oxygen atoms in total. The summed E-state index contributed by atoms with van der Waals surface area (Å²) in [6.45, 7) is 0. The summed E-state index contributed by atoms with van der Waals surface area (Å²) in [5.41, 5.74) is 11.7. The van der Waals surface area contributed by atoms with Gasteiger partial charge in [0, 0.05) is 0 Å².